The summed E-state index contributed by atoms with van der Waals surface area (Å²) in [6.07, 6.45) is 2.00. The van der Waals surface area contributed by atoms with E-state index in [-0.39, 0.29) is 11.8 Å². The molecule has 1 atom stereocenters. The molecule has 0 fully saturated rings. The van der Waals surface area contributed by atoms with Crippen molar-refractivity contribution >= 4 is 11.8 Å². The van der Waals surface area contributed by atoms with E-state index in [9.17, 15) is 9.59 Å². The van der Waals surface area contributed by atoms with Gasteiger partial charge in [0.25, 0.3) is 0 Å². The molecular formula is C11H23N3O2. The topological polar surface area (TPSA) is 84.2 Å². The van der Waals surface area contributed by atoms with Crippen LogP contribution in [-0.4, -0.2) is 30.9 Å². The number of hydrogen-bond donors (Lipinski definition) is 3. The van der Waals surface area contributed by atoms with Gasteiger partial charge in [-0.3, -0.25) is 9.59 Å². The molecule has 0 rings (SSSR count). The lowest BCUT2D eigenvalue weighted by Crippen LogP contribution is -2.39. The van der Waals surface area contributed by atoms with Gasteiger partial charge in [-0.25, -0.2) is 0 Å². The fraction of sp³-hybridized carbons (Fsp3) is 0.818. The first kappa shape index (κ1) is 14.9. The molecule has 0 heterocycles. The molecule has 0 bridgehead atoms. The summed E-state index contributed by atoms with van der Waals surface area (Å²) in [7, 11) is 1.60. The Labute approximate surface area is 97.2 Å². The summed E-state index contributed by atoms with van der Waals surface area (Å²) in [5.41, 5.74) is 5.54. The van der Waals surface area contributed by atoms with E-state index in [1.54, 1.807) is 7.05 Å². The van der Waals surface area contributed by atoms with Crippen LogP contribution in [0.4, 0.5) is 0 Å². The van der Waals surface area contributed by atoms with Crippen molar-refractivity contribution in [2.75, 3.05) is 13.6 Å². The molecule has 16 heavy (non-hydrogen) atoms. The first-order valence-corrected chi connectivity index (χ1v) is 5.67. The van der Waals surface area contributed by atoms with Crippen molar-refractivity contribution in [1.29, 1.82) is 0 Å². The minimum atomic E-state index is -0.461. The Morgan fingerprint density at radius 3 is 2.12 bits per heavy atom. The van der Waals surface area contributed by atoms with Crippen molar-refractivity contribution in [3.8, 4) is 0 Å². The average Bonchev–Trinajstić information content (AvgIpc) is 2.24. The molecule has 0 aliphatic carbocycles. The molecule has 5 nitrogen and oxygen atoms in total. The highest BCUT2D eigenvalue weighted by molar-refractivity contribution is 5.76. The van der Waals surface area contributed by atoms with E-state index in [2.05, 4.69) is 10.6 Å². The SMILES string of the molecule is CCNC(=O)CCC(C)(N)CCC(=O)NC. The second-order valence-corrected chi connectivity index (χ2v) is 4.28. The summed E-state index contributed by atoms with van der Waals surface area (Å²) in [4.78, 5) is 22.3. The maximum Gasteiger partial charge on any atom is 0.220 e. The van der Waals surface area contributed by atoms with Gasteiger partial charge in [0.2, 0.25) is 11.8 Å². The molecule has 0 saturated heterocycles. The van der Waals surface area contributed by atoms with Crippen LogP contribution < -0.4 is 16.4 Å². The van der Waals surface area contributed by atoms with Gasteiger partial charge in [-0.05, 0) is 26.7 Å². The van der Waals surface area contributed by atoms with E-state index < -0.39 is 5.54 Å². The summed E-state index contributed by atoms with van der Waals surface area (Å²) >= 11 is 0. The van der Waals surface area contributed by atoms with Gasteiger partial charge in [-0.1, -0.05) is 0 Å². The van der Waals surface area contributed by atoms with Crippen LogP contribution in [0, 0.1) is 0 Å². The Hall–Kier alpha value is -1.10. The van der Waals surface area contributed by atoms with Crippen LogP contribution in [0.5, 0.6) is 0 Å². The summed E-state index contributed by atoms with van der Waals surface area (Å²) in [5.74, 6) is -0.00574. The maximum absolute atomic E-state index is 11.2. The fourth-order valence-corrected chi connectivity index (χ4v) is 1.33. The zero-order valence-electron chi connectivity index (χ0n) is 10.4. The predicted octanol–water partition coefficient (Wildman–Crippen LogP) is 0.146. The molecule has 0 radical (unpaired) electrons. The Bertz CT molecular complexity index is 239. The number of amides is 2. The summed E-state index contributed by atoms with van der Waals surface area (Å²) < 4.78 is 0. The van der Waals surface area contributed by atoms with E-state index in [0.717, 1.165) is 0 Å². The highest BCUT2D eigenvalue weighted by Gasteiger charge is 2.20. The fourth-order valence-electron chi connectivity index (χ4n) is 1.33. The number of rotatable bonds is 7. The van der Waals surface area contributed by atoms with Crippen molar-refractivity contribution in [2.24, 2.45) is 5.73 Å². The molecule has 94 valence electrons. The maximum atomic E-state index is 11.2. The molecule has 0 aliphatic rings. The molecule has 0 aliphatic heterocycles. The lowest BCUT2D eigenvalue weighted by atomic mass is 9.91. The second kappa shape index (κ2) is 7.22. The second-order valence-electron chi connectivity index (χ2n) is 4.28. The van der Waals surface area contributed by atoms with E-state index in [1.165, 1.54) is 0 Å². The average molecular weight is 229 g/mol. The Kier molecular flexibility index (Phi) is 6.72. The van der Waals surface area contributed by atoms with Crippen LogP contribution in [0.1, 0.15) is 39.5 Å². The Morgan fingerprint density at radius 1 is 1.19 bits per heavy atom. The molecule has 0 aromatic rings. The van der Waals surface area contributed by atoms with E-state index >= 15 is 0 Å². The number of carbonyl (C=O) groups is 2. The molecule has 0 saturated carbocycles. The molecule has 4 N–H and O–H groups in total. The van der Waals surface area contributed by atoms with E-state index in [1.807, 2.05) is 13.8 Å². The summed E-state index contributed by atoms with van der Waals surface area (Å²) in [5, 5.41) is 5.27. The molecule has 0 spiro atoms. The molecule has 2 amide bonds. The quantitative estimate of drug-likeness (QED) is 0.581. The number of nitrogens with two attached hydrogens (primary N) is 1. The smallest absolute Gasteiger partial charge is 0.220 e. The third kappa shape index (κ3) is 7.23. The monoisotopic (exact) mass is 229 g/mol. The third-order valence-electron chi connectivity index (χ3n) is 2.50. The first-order chi connectivity index (χ1) is 7.41. The molecule has 5 heteroatoms. The van der Waals surface area contributed by atoms with Gasteiger partial charge < -0.3 is 16.4 Å². The molecule has 0 aromatic carbocycles. The van der Waals surface area contributed by atoms with Gasteiger partial charge >= 0.3 is 0 Å². The summed E-state index contributed by atoms with van der Waals surface area (Å²) in [6.45, 7) is 4.39. The highest BCUT2D eigenvalue weighted by atomic mass is 16.2. The van der Waals surface area contributed by atoms with Crippen LogP contribution in [0.3, 0.4) is 0 Å². The van der Waals surface area contributed by atoms with Crippen molar-refractivity contribution in [3.05, 3.63) is 0 Å². The molecule has 0 aromatic heterocycles. The van der Waals surface area contributed by atoms with Crippen LogP contribution in [0.2, 0.25) is 0 Å². The van der Waals surface area contributed by atoms with Crippen molar-refractivity contribution < 1.29 is 9.59 Å². The normalized spacial score (nSPS) is 14.0. The Morgan fingerprint density at radius 2 is 1.69 bits per heavy atom. The number of nitrogens with one attached hydrogen (secondary N) is 2. The predicted molar refractivity (Wildman–Crippen MR) is 63.8 cm³/mol. The Balaban J connectivity index is 3.86. The zero-order valence-corrected chi connectivity index (χ0v) is 10.4. The lowest BCUT2D eigenvalue weighted by molar-refractivity contribution is -0.121. The van der Waals surface area contributed by atoms with Crippen LogP contribution in [0.25, 0.3) is 0 Å². The highest BCUT2D eigenvalue weighted by Crippen LogP contribution is 2.15. The minimum absolute atomic E-state index is 0.0131. The van der Waals surface area contributed by atoms with Crippen LogP contribution in [0.15, 0.2) is 0 Å². The van der Waals surface area contributed by atoms with E-state index in [4.69, 9.17) is 5.73 Å². The number of carbonyl (C=O) groups excluding carboxylic acids is 2. The van der Waals surface area contributed by atoms with Gasteiger partial charge in [0.15, 0.2) is 0 Å². The zero-order chi connectivity index (χ0) is 12.6. The lowest BCUT2D eigenvalue weighted by Gasteiger charge is -2.23. The van der Waals surface area contributed by atoms with Crippen molar-refractivity contribution in [3.63, 3.8) is 0 Å². The summed E-state index contributed by atoms with van der Waals surface area (Å²) in [6, 6.07) is 0. The van der Waals surface area contributed by atoms with Crippen molar-refractivity contribution in [2.45, 2.75) is 45.1 Å². The third-order valence-corrected chi connectivity index (χ3v) is 2.50. The van der Waals surface area contributed by atoms with E-state index in [0.29, 0.717) is 32.2 Å². The standard InChI is InChI=1S/C11H23N3O2/c1-4-14-10(16)6-8-11(2,12)7-5-9(15)13-3/h4-8,12H2,1-3H3,(H,13,15)(H,14,16). The van der Waals surface area contributed by atoms with Gasteiger partial charge in [0.05, 0.1) is 0 Å². The minimum Gasteiger partial charge on any atom is -0.359 e. The van der Waals surface area contributed by atoms with Crippen LogP contribution >= 0.6 is 0 Å². The van der Waals surface area contributed by atoms with Gasteiger partial charge in [0.1, 0.15) is 0 Å². The molecular weight excluding hydrogens is 206 g/mol. The molecule has 1 unspecified atom stereocenters. The van der Waals surface area contributed by atoms with Crippen LogP contribution in [-0.2, 0) is 9.59 Å². The van der Waals surface area contributed by atoms with Crippen molar-refractivity contribution in [1.82, 2.24) is 10.6 Å². The first-order valence-electron chi connectivity index (χ1n) is 5.67. The van der Waals surface area contributed by atoms with Gasteiger partial charge in [-0.15, -0.1) is 0 Å². The number of hydrogen-bond acceptors (Lipinski definition) is 3. The van der Waals surface area contributed by atoms with Gasteiger partial charge in [-0.2, -0.15) is 0 Å². The largest absolute Gasteiger partial charge is 0.359 e. The van der Waals surface area contributed by atoms with Gasteiger partial charge in [0, 0.05) is 32.0 Å².